The summed E-state index contributed by atoms with van der Waals surface area (Å²) in [4.78, 5) is 11.1. The summed E-state index contributed by atoms with van der Waals surface area (Å²) in [6, 6.07) is 12.7. The van der Waals surface area contributed by atoms with Gasteiger partial charge >= 0.3 is 0 Å². The first-order valence-electron chi connectivity index (χ1n) is 9.79. The number of halogens is 1. The van der Waals surface area contributed by atoms with E-state index in [2.05, 4.69) is 0 Å². The Hall–Kier alpha value is -2.33. The second-order valence-corrected chi connectivity index (χ2v) is 9.62. The summed E-state index contributed by atoms with van der Waals surface area (Å²) in [6.07, 6.45) is 1.03. The van der Waals surface area contributed by atoms with Gasteiger partial charge in [0.2, 0.25) is 16.4 Å². The number of sulfonamides is 1. The van der Waals surface area contributed by atoms with E-state index in [1.807, 2.05) is 0 Å². The molecule has 1 atom stereocenters. The van der Waals surface area contributed by atoms with E-state index in [0.717, 1.165) is 0 Å². The molecule has 1 unspecified atom stereocenters. The molecule has 1 heterocycles. The van der Waals surface area contributed by atoms with E-state index in [9.17, 15) is 18.4 Å². The van der Waals surface area contributed by atoms with Crippen LogP contribution in [-0.4, -0.2) is 61.5 Å². The average Bonchev–Trinajstić information content (AvgIpc) is 2.79. The Bertz CT molecular complexity index is 981. The molecule has 1 saturated heterocycles. The zero-order valence-corrected chi connectivity index (χ0v) is 18.6. The Kier molecular flexibility index (Phi) is 7.77. The maximum absolute atomic E-state index is 13.0. The molecule has 0 radical (unpaired) electrons. The molecule has 2 aromatic rings. The number of amides is 1. The maximum atomic E-state index is 13.0. The third-order valence-corrected chi connectivity index (χ3v) is 7.39. The van der Waals surface area contributed by atoms with Gasteiger partial charge in [0, 0.05) is 19.2 Å². The van der Waals surface area contributed by atoms with Gasteiger partial charge in [-0.2, -0.15) is 0 Å². The monoisotopic (exact) mass is 468 g/mol. The van der Waals surface area contributed by atoms with Crippen LogP contribution >= 0.6 is 11.6 Å². The second-order valence-electron chi connectivity index (χ2n) is 7.20. The van der Waals surface area contributed by atoms with Crippen molar-refractivity contribution in [3.05, 3.63) is 59.1 Å². The summed E-state index contributed by atoms with van der Waals surface area (Å²) >= 11 is 6.22. The first-order valence-corrected chi connectivity index (χ1v) is 11.8. The number of piperidine rings is 1. The molecule has 1 N–H and O–H groups in total. The summed E-state index contributed by atoms with van der Waals surface area (Å²) in [7, 11) is -2.17. The molecule has 0 bridgehead atoms. The number of nitrogens with zero attached hydrogens (tertiary/aromatic N) is 2. The molecule has 1 aliphatic rings. The van der Waals surface area contributed by atoms with Crippen molar-refractivity contribution in [3.8, 4) is 11.5 Å². The number of carbonyl (C=O) groups excluding carboxylic acids is 1. The van der Waals surface area contributed by atoms with Crippen LogP contribution in [0.25, 0.3) is 0 Å². The van der Waals surface area contributed by atoms with Crippen molar-refractivity contribution in [2.24, 2.45) is 0 Å². The van der Waals surface area contributed by atoms with Crippen LogP contribution < -0.4 is 9.47 Å². The molecule has 1 aliphatic heterocycles. The molecule has 8 nitrogen and oxygen atoms in total. The lowest BCUT2D eigenvalue weighted by Gasteiger charge is -2.33. The molecule has 1 amide bonds. The van der Waals surface area contributed by atoms with Crippen LogP contribution in [0.1, 0.15) is 24.4 Å². The number of hydrogen-bond donors (Lipinski definition) is 1. The predicted molar refractivity (Wildman–Crippen MR) is 116 cm³/mol. The summed E-state index contributed by atoms with van der Waals surface area (Å²) in [5.74, 6) is 0.733. The summed E-state index contributed by atoms with van der Waals surface area (Å²) in [5.41, 5.74) is 0.535. The molecular weight excluding hydrogens is 444 g/mol. The minimum atomic E-state index is -3.72. The van der Waals surface area contributed by atoms with Crippen molar-refractivity contribution in [1.29, 1.82) is 0 Å². The SMILES string of the molecule is COc1ccc(OC2CCN(S(=O)(=O)CC(c3ccccc3)N(O)C=O)CC2)c(Cl)c1. The van der Waals surface area contributed by atoms with Gasteiger partial charge in [0.05, 0.1) is 23.9 Å². The highest BCUT2D eigenvalue weighted by molar-refractivity contribution is 7.89. The maximum Gasteiger partial charge on any atom is 0.233 e. The molecular formula is C21H25ClN2O6S. The van der Waals surface area contributed by atoms with Crippen LogP contribution in [0.15, 0.2) is 48.5 Å². The highest BCUT2D eigenvalue weighted by atomic mass is 35.5. The van der Waals surface area contributed by atoms with Crippen molar-refractivity contribution < 1.29 is 27.9 Å². The molecule has 10 heteroatoms. The number of hydrogen-bond acceptors (Lipinski definition) is 6. The van der Waals surface area contributed by atoms with Gasteiger partial charge in [-0.15, -0.1) is 0 Å². The molecule has 0 spiro atoms. The van der Waals surface area contributed by atoms with Crippen molar-refractivity contribution in [2.45, 2.75) is 25.0 Å². The molecule has 0 aromatic heterocycles. The number of ether oxygens (including phenoxy) is 2. The van der Waals surface area contributed by atoms with Crippen molar-refractivity contribution in [3.63, 3.8) is 0 Å². The molecule has 2 aromatic carbocycles. The molecule has 1 fully saturated rings. The topological polar surface area (TPSA) is 96.4 Å². The second kappa shape index (κ2) is 10.3. The van der Waals surface area contributed by atoms with E-state index in [4.69, 9.17) is 21.1 Å². The average molecular weight is 469 g/mol. The van der Waals surface area contributed by atoms with Crippen LogP contribution in [0.2, 0.25) is 5.02 Å². The fourth-order valence-corrected chi connectivity index (χ4v) is 5.43. The van der Waals surface area contributed by atoms with Gasteiger partial charge in [-0.25, -0.2) is 17.8 Å². The smallest absolute Gasteiger partial charge is 0.233 e. The van der Waals surface area contributed by atoms with Crippen molar-refractivity contribution in [2.75, 3.05) is 26.0 Å². The van der Waals surface area contributed by atoms with E-state index in [0.29, 0.717) is 40.0 Å². The quantitative estimate of drug-likeness (QED) is 0.345. The van der Waals surface area contributed by atoms with Crippen LogP contribution in [-0.2, 0) is 14.8 Å². The Morgan fingerprint density at radius 3 is 2.48 bits per heavy atom. The number of carbonyl (C=O) groups is 1. The lowest BCUT2D eigenvalue weighted by atomic mass is 10.1. The largest absolute Gasteiger partial charge is 0.497 e. The minimum absolute atomic E-state index is 0.174. The van der Waals surface area contributed by atoms with E-state index >= 15 is 0 Å². The zero-order chi connectivity index (χ0) is 22.4. The van der Waals surface area contributed by atoms with Crippen LogP contribution in [0.4, 0.5) is 0 Å². The first kappa shape index (κ1) is 23.3. The van der Waals surface area contributed by atoms with Gasteiger partial charge in [0.15, 0.2) is 0 Å². The summed E-state index contributed by atoms with van der Waals surface area (Å²) in [5, 5.41) is 10.8. The molecule has 0 aliphatic carbocycles. The fourth-order valence-electron chi connectivity index (χ4n) is 3.49. The fraction of sp³-hybridized carbons (Fsp3) is 0.381. The number of hydroxylamine groups is 2. The summed E-state index contributed by atoms with van der Waals surface area (Å²) < 4.78 is 38.4. The van der Waals surface area contributed by atoms with Crippen LogP contribution in [0.3, 0.4) is 0 Å². The Labute approximate surface area is 186 Å². The number of methoxy groups -OCH3 is 1. The molecule has 3 rings (SSSR count). The molecule has 0 saturated carbocycles. The lowest BCUT2D eigenvalue weighted by Crippen LogP contribution is -2.44. The normalized spacial score (nSPS) is 16.5. The van der Waals surface area contributed by atoms with Gasteiger partial charge < -0.3 is 9.47 Å². The minimum Gasteiger partial charge on any atom is -0.497 e. The van der Waals surface area contributed by atoms with Gasteiger partial charge in [0.1, 0.15) is 17.6 Å². The van der Waals surface area contributed by atoms with Gasteiger partial charge in [0.25, 0.3) is 0 Å². The Morgan fingerprint density at radius 2 is 1.90 bits per heavy atom. The Morgan fingerprint density at radius 1 is 1.23 bits per heavy atom. The van der Waals surface area contributed by atoms with Gasteiger partial charge in [-0.1, -0.05) is 41.9 Å². The standard InChI is InChI=1S/C21H25ClN2O6S/c1-29-18-7-8-21(19(22)13-18)30-17-9-11-23(12-10-17)31(27,28)14-20(24(26)15-25)16-5-3-2-4-6-16/h2-8,13,15,17,20,26H,9-12,14H2,1H3. The third kappa shape index (κ3) is 5.88. The molecule has 168 valence electrons. The number of rotatable bonds is 9. The lowest BCUT2D eigenvalue weighted by molar-refractivity contribution is -0.159. The van der Waals surface area contributed by atoms with Gasteiger partial charge in [-0.05, 0) is 30.5 Å². The first-order chi connectivity index (χ1) is 14.8. The highest BCUT2D eigenvalue weighted by Crippen LogP contribution is 2.31. The Balaban J connectivity index is 1.63. The van der Waals surface area contributed by atoms with Crippen molar-refractivity contribution >= 4 is 28.0 Å². The zero-order valence-electron chi connectivity index (χ0n) is 17.1. The highest BCUT2D eigenvalue weighted by Gasteiger charge is 2.33. The van der Waals surface area contributed by atoms with Crippen LogP contribution in [0.5, 0.6) is 11.5 Å². The molecule has 31 heavy (non-hydrogen) atoms. The van der Waals surface area contributed by atoms with Crippen LogP contribution in [0, 0.1) is 0 Å². The van der Waals surface area contributed by atoms with E-state index < -0.39 is 21.8 Å². The van der Waals surface area contributed by atoms with E-state index in [1.165, 1.54) is 4.31 Å². The van der Waals surface area contributed by atoms with Crippen molar-refractivity contribution in [1.82, 2.24) is 9.37 Å². The van der Waals surface area contributed by atoms with E-state index in [-0.39, 0.29) is 25.6 Å². The third-order valence-electron chi connectivity index (χ3n) is 5.21. The van der Waals surface area contributed by atoms with E-state index in [1.54, 1.807) is 55.6 Å². The number of benzene rings is 2. The predicted octanol–water partition coefficient (Wildman–Crippen LogP) is 3.11. The van der Waals surface area contributed by atoms with Gasteiger partial charge in [-0.3, -0.25) is 10.0 Å². The summed E-state index contributed by atoms with van der Waals surface area (Å²) in [6.45, 7) is 0.545.